The van der Waals surface area contributed by atoms with Gasteiger partial charge in [0.2, 0.25) is 0 Å². The summed E-state index contributed by atoms with van der Waals surface area (Å²) in [5.41, 5.74) is -0.411. The topological polar surface area (TPSA) is 67.3 Å². The molecule has 0 bridgehead atoms. The Morgan fingerprint density at radius 2 is 1.89 bits per heavy atom. The quantitative estimate of drug-likeness (QED) is 0.884. The predicted octanol–water partition coefficient (Wildman–Crippen LogP) is 2.77. The second-order valence-corrected chi connectivity index (χ2v) is 7.90. The Kier molecular flexibility index (Phi) is 5.37. The minimum absolute atomic E-state index is 0.0247. The fourth-order valence-corrected chi connectivity index (χ4v) is 3.65. The van der Waals surface area contributed by atoms with E-state index in [9.17, 15) is 18.4 Å². The zero-order valence-corrected chi connectivity index (χ0v) is 15.8. The summed E-state index contributed by atoms with van der Waals surface area (Å²) >= 11 is 0. The van der Waals surface area contributed by atoms with E-state index in [0.29, 0.717) is 5.52 Å². The van der Waals surface area contributed by atoms with Gasteiger partial charge in [-0.1, -0.05) is 0 Å². The first-order chi connectivity index (χ1) is 12.7. The van der Waals surface area contributed by atoms with Gasteiger partial charge < -0.3 is 4.74 Å². The number of rotatable bonds is 4. The van der Waals surface area contributed by atoms with E-state index < -0.39 is 24.3 Å². The highest BCUT2D eigenvalue weighted by molar-refractivity contribution is 5.79. The third kappa shape index (κ3) is 4.21. The molecule has 2 aromatic rings. The number of nitrogens with one attached hydrogen (secondary N) is 1. The van der Waals surface area contributed by atoms with Crippen molar-refractivity contribution < 1.29 is 13.5 Å². The van der Waals surface area contributed by atoms with E-state index in [4.69, 9.17) is 4.74 Å². The summed E-state index contributed by atoms with van der Waals surface area (Å²) in [4.78, 5) is 29.4. The number of halogens is 2. The number of nitrogens with zero attached hydrogens (tertiary/aromatic N) is 2. The summed E-state index contributed by atoms with van der Waals surface area (Å²) in [6.45, 7) is 7.46. The van der Waals surface area contributed by atoms with Gasteiger partial charge in [0.15, 0.2) is 0 Å². The first kappa shape index (κ1) is 19.5. The molecule has 1 N–H and O–H groups in total. The second kappa shape index (κ2) is 7.42. The molecule has 0 aliphatic carbocycles. The molecule has 6 nitrogen and oxygen atoms in total. The van der Waals surface area contributed by atoms with E-state index in [1.54, 1.807) is 10.6 Å². The highest BCUT2D eigenvalue weighted by Crippen LogP contribution is 2.28. The van der Waals surface area contributed by atoms with Crippen molar-refractivity contribution in [2.75, 3.05) is 19.7 Å². The average molecular weight is 381 g/mol. The van der Waals surface area contributed by atoms with Gasteiger partial charge in [-0.05, 0) is 51.8 Å². The standard InChI is InChI=1S/C19H25F2N3O3/c1-19(2,3)23-8-6-12(7-9-23)24-15-5-4-13(27-11-16(20)21)10-14(15)17(25)22-18(24)26/h4-5,10,12,16H,6-9,11H2,1-3H3,(H,22,25,26). The van der Waals surface area contributed by atoms with Crippen molar-refractivity contribution in [3.05, 3.63) is 39.0 Å². The fraction of sp³-hybridized carbons (Fsp3) is 0.579. The first-order valence-electron chi connectivity index (χ1n) is 9.11. The number of alkyl halides is 2. The van der Waals surface area contributed by atoms with E-state index >= 15 is 0 Å². The first-order valence-corrected chi connectivity index (χ1v) is 9.11. The highest BCUT2D eigenvalue weighted by atomic mass is 19.3. The summed E-state index contributed by atoms with van der Waals surface area (Å²) in [5.74, 6) is 0.182. The summed E-state index contributed by atoms with van der Waals surface area (Å²) in [5, 5.41) is 0.264. The molecule has 1 aromatic heterocycles. The number of likely N-dealkylation sites (tertiary alicyclic amines) is 1. The van der Waals surface area contributed by atoms with Crippen molar-refractivity contribution >= 4 is 10.9 Å². The molecular weight excluding hydrogens is 356 g/mol. The molecule has 0 atom stereocenters. The van der Waals surface area contributed by atoms with Crippen molar-refractivity contribution in [3.63, 3.8) is 0 Å². The van der Waals surface area contributed by atoms with Crippen LogP contribution in [0.1, 0.15) is 39.7 Å². The molecule has 0 radical (unpaired) electrons. The lowest BCUT2D eigenvalue weighted by molar-refractivity contribution is 0.0819. The van der Waals surface area contributed by atoms with Gasteiger partial charge in [-0.15, -0.1) is 0 Å². The molecule has 0 unspecified atom stereocenters. The lowest BCUT2D eigenvalue weighted by Gasteiger charge is -2.41. The largest absolute Gasteiger partial charge is 0.488 e. The minimum atomic E-state index is -2.60. The zero-order valence-electron chi connectivity index (χ0n) is 15.8. The van der Waals surface area contributed by atoms with Gasteiger partial charge >= 0.3 is 5.69 Å². The molecule has 0 spiro atoms. The monoisotopic (exact) mass is 381 g/mol. The molecule has 1 aliphatic rings. The maximum absolute atomic E-state index is 12.5. The van der Waals surface area contributed by atoms with Crippen LogP contribution in [0, 0.1) is 0 Å². The van der Waals surface area contributed by atoms with Gasteiger partial charge in [0.05, 0.1) is 10.9 Å². The summed E-state index contributed by atoms with van der Waals surface area (Å²) in [6.07, 6.45) is -1.01. The Hall–Kier alpha value is -2.22. The Morgan fingerprint density at radius 1 is 1.22 bits per heavy atom. The molecular formula is C19H25F2N3O3. The Labute approximate surface area is 155 Å². The fourth-order valence-electron chi connectivity index (χ4n) is 3.65. The SMILES string of the molecule is CC(C)(C)N1CCC(n2c(=O)[nH]c(=O)c3cc(OCC(F)F)ccc32)CC1. The number of aromatic amines is 1. The smallest absolute Gasteiger partial charge is 0.329 e. The van der Waals surface area contributed by atoms with Crippen LogP contribution < -0.4 is 16.0 Å². The van der Waals surface area contributed by atoms with Gasteiger partial charge in [-0.2, -0.15) is 0 Å². The van der Waals surface area contributed by atoms with Crippen LogP contribution in [-0.4, -0.2) is 46.1 Å². The van der Waals surface area contributed by atoms with Crippen LogP contribution in [-0.2, 0) is 0 Å². The van der Waals surface area contributed by atoms with Gasteiger partial charge in [0, 0.05) is 24.7 Å². The predicted molar refractivity (Wildman–Crippen MR) is 99.9 cm³/mol. The molecule has 27 heavy (non-hydrogen) atoms. The minimum Gasteiger partial charge on any atom is -0.488 e. The zero-order chi connectivity index (χ0) is 19.8. The summed E-state index contributed by atoms with van der Waals surface area (Å²) < 4.78 is 31.3. The van der Waals surface area contributed by atoms with Crippen molar-refractivity contribution in [3.8, 4) is 5.75 Å². The molecule has 1 aromatic carbocycles. The van der Waals surface area contributed by atoms with Crippen LogP contribution in [0.5, 0.6) is 5.75 Å². The Morgan fingerprint density at radius 3 is 2.48 bits per heavy atom. The number of hydrogen-bond acceptors (Lipinski definition) is 4. The number of piperidine rings is 1. The molecule has 2 heterocycles. The van der Waals surface area contributed by atoms with Gasteiger partial charge in [-0.25, -0.2) is 13.6 Å². The second-order valence-electron chi connectivity index (χ2n) is 7.90. The molecule has 0 amide bonds. The van der Waals surface area contributed by atoms with Gasteiger partial charge in [0.25, 0.3) is 12.0 Å². The van der Waals surface area contributed by atoms with Crippen LogP contribution in [0.3, 0.4) is 0 Å². The lowest BCUT2D eigenvalue weighted by Crippen LogP contribution is -2.47. The van der Waals surface area contributed by atoms with Crippen molar-refractivity contribution in [1.82, 2.24) is 14.5 Å². The van der Waals surface area contributed by atoms with Crippen molar-refractivity contribution in [2.45, 2.75) is 51.6 Å². The van der Waals surface area contributed by atoms with Crippen LogP contribution in [0.4, 0.5) is 8.78 Å². The van der Waals surface area contributed by atoms with Crippen LogP contribution in [0.2, 0.25) is 0 Å². The Bertz CT molecular complexity index is 922. The van der Waals surface area contributed by atoms with Crippen LogP contribution in [0.15, 0.2) is 27.8 Å². The number of H-pyrrole nitrogens is 1. The third-order valence-corrected chi connectivity index (χ3v) is 5.07. The molecule has 3 rings (SSSR count). The summed E-state index contributed by atoms with van der Waals surface area (Å²) in [6, 6.07) is 4.51. The van der Waals surface area contributed by atoms with E-state index in [0.717, 1.165) is 25.9 Å². The number of aromatic nitrogens is 2. The van der Waals surface area contributed by atoms with Crippen molar-refractivity contribution in [1.29, 1.82) is 0 Å². The average Bonchev–Trinajstić information content (AvgIpc) is 2.60. The van der Waals surface area contributed by atoms with Crippen LogP contribution >= 0.6 is 0 Å². The van der Waals surface area contributed by atoms with Gasteiger partial charge in [-0.3, -0.25) is 19.2 Å². The number of hydrogen-bond donors (Lipinski definition) is 1. The molecule has 1 fully saturated rings. The maximum Gasteiger partial charge on any atom is 0.329 e. The maximum atomic E-state index is 12.5. The number of benzene rings is 1. The molecule has 1 saturated heterocycles. The molecule has 1 aliphatic heterocycles. The third-order valence-electron chi connectivity index (χ3n) is 5.07. The molecule has 8 heteroatoms. The summed E-state index contributed by atoms with van der Waals surface area (Å²) in [7, 11) is 0. The van der Waals surface area contributed by atoms with Crippen LogP contribution in [0.25, 0.3) is 10.9 Å². The molecule has 148 valence electrons. The van der Waals surface area contributed by atoms with Gasteiger partial charge in [0.1, 0.15) is 12.4 Å². The highest BCUT2D eigenvalue weighted by Gasteiger charge is 2.29. The lowest BCUT2D eigenvalue weighted by atomic mass is 9.97. The number of ether oxygens (including phenoxy) is 1. The normalized spacial score (nSPS) is 17.0. The van der Waals surface area contributed by atoms with Crippen molar-refractivity contribution in [2.24, 2.45) is 0 Å². The van der Waals surface area contributed by atoms with E-state index in [1.165, 1.54) is 12.1 Å². The Balaban J connectivity index is 1.94. The van der Waals surface area contributed by atoms with E-state index in [1.807, 2.05) is 0 Å². The van der Waals surface area contributed by atoms with E-state index in [-0.39, 0.29) is 22.7 Å². The van der Waals surface area contributed by atoms with E-state index in [2.05, 4.69) is 30.7 Å². The molecule has 0 saturated carbocycles. The number of fused-ring (bicyclic) bond motifs is 1.